The van der Waals surface area contributed by atoms with Gasteiger partial charge in [0.05, 0.1) is 19.3 Å². The van der Waals surface area contributed by atoms with Gasteiger partial charge in [-0.1, -0.05) is 0 Å². The summed E-state index contributed by atoms with van der Waals surface area (Å²) in [5.74, 6) is -0.631. The van der Waals surface area contributed by atoms with E-state index in [4.69, 9.17) is 18.9 Å². The average molecular weight is 405 g/mol. The number of carbonyl (C=O) groups excluding carboxylic acids is 3. The molecule has 9 heteroatoms. The minimum atomic E-state index is -0.621. The molecule has 0 spiro atoms. The van der Waals surface area contributed by atoms with Crippen molar-refractivity contribution in [1.82, 2.24) is 0 Å². The van der Waals surface area contributed by atoms with Crippen molar-refractivity contribution in [3.05, 3.63) is 39.8 Å². The van der Waals surface area contributed by atoms with E-state index in [1.165, 1.54) is 7.11 Å². The van der Waals surface area contributed by atoms with Crippen LogP contribution in [-0.4, -0.2) is 44.8 Å². The van der Waals surface area contributed by atoms with Crippen LogP contribution in [0.5, 0.6) is 11.5 Å². The van der Waals surface area contributed by atoms with Crippen molar-refractivity contribution in [3.63, 3.8) is 0 Å². The highest BCUT2D eigenvalue weighted by atomic mass is 32.1. The molecule has 1 aromatic heterocycles. The smallest absolute Gasteiger partial charge is 0.348 e. The monoisotopic (exact) mass is 405 g/mol. The molecule has 1 amide bonds. The van der Waals surface area contributed by atoms with Gasteiger partial charge in [0, 0.05) is 5.56 Å². The zero-order valence-corrected chi connectivity index (χ0v) is 16.4. The van der Waals surface area contributed by atoms with Gasteiger partial charge in [-0.15, -0.1) is 11.3 Å². The standard InChI is InChI=1S/C19H19NO7S/c1-4-25-18(22)14-10(2)15(19(23)24-3)28-17(14)20-16(21)11-5-6-12-13(9-11)27-8-7-26-12/h5-6,9H,4,7-8H2,1-3H3,(H,20,21). The molecule has 2 heterocycles. The van der Waals surface area contributed by atoms with Crippen LogP contribution < -0.4 is 14.8 Å². The zero-order chi connectivity index (χ0) is 20.3. The first-order chi connectivity index (χ1) is 13.5. The Hall–Kier alpha value is -3.07. The molecule has 0 fully saturated rings. The Balaban J connectivity index is 1.93. The van der Waals surface area contributed by atoms with Gasteiger partial charge in [0.15, 0.2) is 11.5 Å². The van der Waals surface area contributed by atoms with Gasteiger partial charge in [-0.3, -0.25) is 4.79 Å². The number of carbonyl (C=O) groups is 3. The molecule has 8 nitrogen and oxygen atoms in total. The molecule has 0 saturated heterocycles. The molecule has 1 N–H and O–H groups in total. The number of methoxy groups -OCH3 is 1. The van der Waals surface area contributed by atoms with E-state index in [1.54, 1.807) is 32.0 Å². The number of rotatable bonds is 5. The minimum Gasteiger partial charge on any atom is -0.486 e. The van der Waals surface area contributed by atoms with E-state index in [9.17, 15) is 14.4 Å². The summed E-state index contributed by atoms with van der Waals surface area (Å²) in [6.45, 7) is 4.30. The summed E-state index contributed by atoms with van der Waals surface area (Å²) < 4.78 is 20.8. The van der Waals surface area contributed by atoms with Gasteiger partial charge in [-0.25, -0.2) is 9.59 Å². The second-order valence-electron chi connectivity index (χ2n) is 5.78. The highest BCUT2D eigenvalue weighted by Crippen LogP contribution is 2.35. The summed E-state index contributed by atoms with van der Waals surface area (Å²) in [5, 5.41) is 2.91. The number of benzene rings is 1. The summed E-state index contributed by atoms with van der Waals surface area (Å²) >= 11 is 0.962. The first-order valence-electron chi connectivity index (χ1n) is 8.56. The van der Waals surface area contributed by atoms with E-state index < -0.39 is 17.8 Å². The molecule has 2 aromatic rings. The van der Waals surface area contributed by atoms with Gasteiger partial charge in [-0.05, 0) is 37.6 Å². The van der Waals surface area contributed by atoms with E-state index >= 15 is 0 Å². The lowest BCUT2D eigenvalue weighted by molar-refractivity contribution is 0.0527. The van der Waals surface area contributed by atoms with Gasteiger partial charge < -0.3 is 24.3 Å². The third-order valence-corrected chi connectivity index (χ3v) is 5.22. The van der Waals surface area contributed by atoms with Crippen LogP contribution in [0.3, 0.4) is 0 Å². The molecule has 0 bridgehead atoms. The predicted molar refractivity (Wildman–Crippen MR) is 102 cm³/mol. The first-order valence-corrected chi connectivity index (χ1v) is 9.37. The number of hydrogen-bond acceptors (Lipinski definition) is 8. The minimum absolute atomic E-state index is 0.137. The Kier molecular flexibility index (Phi) is 5.84. The average Bonchev–Trinajstić information content (AvgIpc) is 3.03. The Morgan fingerprint density at radius 3 is 2.54 bits per heavy atom. The van der Waals surface area contributed by atoms with Crippen LogP contribution in [0, 0.1) is 6.92 Å². The summed E-state index contributed by atoms with van der Waals surface area (Å²) in [6, 6.07) is 4.80. The van der Waals surface area contributed by atoms with Crippen LogP contribution in [0.1, 0.15) is 42.9 Å². The summed E-state index contributed by atoms with van der Waals surface area (Å²) in [4.78, 5) is 37.3. The summed E-state index contributed by atoms with van der Waals surface area (Å²) in [5.41, 5.74) is 0.857. The third kappa shape index (κ3) is 3.79. The quantitative estimate of drug-likeness (QED) is 0.763. The first kappa shape index (κ1) is 19.7. The second-order valence-corrected chi connectivity index (χ2v) is 6.81. The topological polar surface area (TPSA) is 100 Å². The lowest BCUT2D eigenvalue weighted by Crippen LogP contribution is -2.18. The maximum Gasteiger partial charge on any atom is 0.348 e. The van der Waals surface area contributed by atoms with Gasteiger partial charge in [0.1, 0.15) is 23.1 Å². The number of ether oxygens (including phenoxy) is 4. The van der Waals surface area contributed by atoms with E-state index in [0.717, 1.165) is 11.3 Å². The molecule has 0 saturated carbocycles. The molecule has 1 aromatic carbocycles. The molecular formula is C19H19NO7S. The molecule has 3 rings (SSSR count). The van der Waals surface area contributed by atoms with Crippen molar-refractivity contribution >= 4 is 34.2 Å². The van der Waals surface area contributed by atoms with Crippen molar-refractivity contribution < 1.29 is 33.3 Å². The Labute approximate surface area is 165 Å². The van der Waals surface area contributed by atoms with Crippen molar-refractivity contribution in [2.75, 3.05) is 32.2 Å². The number of hydrogen-bond donors (Lipinski definition) is 1. The summed E-state index contributed by atoms with van der Waals surface area (Å²) in [6.07, 6.45) is 0. The lowest BCUT2D eigenvalue weighted by Gasteiger charge is -2.18. The van der Waals surface area contributed by atoms with Crippen molar-refractivity contribution in [2.45, 2.75) is 13.8 Å². The maximum absolute atomic E-state index is 12.7. The van der Waals surface area contributed by atoms with Crippen LogP contribution >= 0.6 is 11.3 Å². The normalized spacial score (nSPS) is 12.2. The maximum atomic E-state index is 12.7. The molecular weight excluding hydrogens is 386 g/mol. The van der Waals surface area contributed by atoms with Gasteiger partial charge in [0.25, 0.3) is 5.91 Å². The van der Waals surface area contributed by atoms with E-state index in [2.05, 4.69) is 5.32 Å². The van der Waals surface area contributed by atoms with Crippen LogP contribution in [0.2, 0.25) is 0 Å². The fourth-order valence-corrected chi connectivity index (χ4v) is 3.81. The van der Waals surface area contributed by atoms with Crippen molar-refractivity contribution in [3.8, 4) is 11.5 Å². The van der Waals surface area contributed by atoms with Crippen molar-refractivity contribution in [2.24, 2.45) is 0 Å². The van der Waals surface area contributed by atoms with Gasteiger partial charge in [0.2, 0.25) is 0 Å². The van der Waals surface area contributed by atoms with E-state index in [0.29, 0.717) is 35.8 Å². The number of anilines is 1. The van der Waals surface area contributed by atoms with Gasteiger partial charge >= 0.3 is 11.9 Å². The molecule has 0 aliphatic carbocycles. The third-order valence-electron chi connectivity index (χ3n) is 4.03. The number of nitrogens with one attached hydrogen (secondary N) is 1. The Bertz CT molecular complexity index is 935. The highest BCUT2D eigenvalue weighted by molar-refractivity contribution is 7.18. The highest BCUT2D eigenvalue weighted by Gasteiger charge is 2.27. The molecule has 28 heavy (non-hydrogen) atoms. The zero-order valence-electron chi connectivity index (χ0n) is 15.6. The lowest BCUT2D eigenvalue weighted by atomic mass is 10.1. The fourth-order valence-electron chi connectivity index (χ4n) is 2.70. The summed E-state index contributed by atoms with van der Waals surface area (Å²) in [7, 11) is 1.25. The number of esters is 2. The number of fused-ring (bicyclic) bond motifs is 1. The molecule has 0 unspecified atom stereocenters. The van der Waals surface area contributed by atoms with Crippen LogP contribution in [0.15, 0.2) is 18.2 Å². The SMILES string of the molecule is CCOC(=O)c1c(NC(=O)c2ccc3c(c2)OCCO3)sc(C(=O)OC)c1C. The van der Waals surface area contributed by atoms with E-state index in [1.807, 2.05) is 0 Å². The Morgan fingerprint density at radius 1 is 1.14 bits per heavy atom. The largest absolute Gasteiger partial charge is 0.486 e. The van der Waals surface area contributed by atoms with Crippen LogP contribution in [0.25, 0.3) is 0 Å². The molecule has 0 radical (unpaired) electrons. The Morgan fingerprint density at radius 2 is 1.86 bits per heavy atom. The van der Waals surface area contributed by atoms with Crippen LogP contribution in [0.4, 0.5) is 5.00 Å². The predicted octanol–water partition coefficient (Wildman–Crippen LogP) is 3.04. The van der Waals surface area contributed by atoms with Crippen LogP contribution in [-0.2, 0) is 9.47 Å². The van der Waals surface area contributed by atoms with Crippen molar-refractivity contribution in [1.29, 1.82) is 0 Å². The fraction of sp³-hybridized carbons (Fsp3) is 0.316. The van der Waals surface area contributed by atoms with Gasteiger partial charge in [-0.2, -0.15) is 0 Å². The molecule has 148 valence electrons. The second kappa shape index (κ2) is 8.30. The number of amides is 1. The molecule has 0 atom stereocenters. The number of thiophene rings is 1. The molecule has 1 aliphatic heterocycles. The van der Waals surface area contributed by atoms with E-state index in [-0.39, 0.29) is 22.0 Å². The molecule has 1 aliphatic rings.